The van der Waals surface area contributed by atoms with Gasteiger partial charge < -0.3 is 25.1 Å². The fourth-order valence-corrected chi connectivity index (χ4v) is 1.06. The summed E-state index contributed by atoms with van der Waals surface area (Å²) in [5, 5.41) is 25.1. The Kier molecular flexibility index (Phi) is 3.10. The Hall–Kier alpha value is -0.820. The number of rotatable bonds is 2. The number of aliphatic hydroxyl groups is 2. The van der Waals surface area contributed by atoms with Gasteiger partial charge in [0, 0.05) is 7.11 Å². The number of ether oxygens (including phenoxy) is 2. The van der Waals surface area contributed by atoms with E-state index in [0.717, 1.165) is 0 Å². The fraction of sp³-hybridized carbons (Fsp3) is 0.714. The highest BCUT2D eigenvalue weighted by Gasteiger charge is 2.40. The summed E-state index contributed by atoms with van der Waals surface area (Å²) in [7, 11) is 1.29. The summed E-state index contributed by atoms with van der Waals surface area (Å²) in [4.78, 5) is 11.1. The third-order valence-electron chi connectivity index (χ3n) is 1.80. The van der Waals surface area contributed by atoms with Gasteiger partial charge in [-0.1, -0.05) is 0 Å². The molecule has 74 valence electrons. The number of nitrogens with one attached hydrogen (secondary N) is 1. The maximum absolute atomic E-state index is 11.1. The van der Waals surface area contributed by atoms with Crippen molar-refractivity contribution in [1.29, 1.82) is 5.41 Å². The molecule has 1 saturated heterocycles. The van der Waals surface area contributed by atoms with Gasteiger partial charge in [0.25, 0.3) is 0 Å². The molecule has 0 bridgehead atoms. The summed E-state index contributed by atoms with van der Waals surface area (Å²) in [5.41, 5.74) is -0.336. The SMILES string of the molecule is CO[C@H]1O[C@H](CO)C(=O)C(O)C1=N. The van der Waals surface area contributed by atoms with Crippen LogP contribution in [0.15, 0.2) is 0 Å². The maximum Gasteiger partial charge on any atom is 0.200 e. The van der Waals surface area contributed by atoms with E-state index < -0.39 is 30.9 Å². The van der Waals surface area contributed by atoms with Crippen LogP contribution in [-0.2, 0) is 14.3 Å². The standard InChI is InChI=1S/C7H11NO5/c1-12-7-4(8)6(11)5(10)3(2-9)13-7/h3,6-9,11H,2H2,1H3/t3-,6?,7+/m1/s1. The van der Waals surface area contributed by atoms with E-state index in [0.29, 0.717) is 0 Å². The number of carbonyl (C=O) groups excluding carboxylic acids is 1. The third kappa shape index (κ3) is 1.75. The molecule has 3 atom stereocenters. The molecular weight excluding hydrogens is 178 g/mol. The molecule has 1 rings (SSSR count). The van der Waals surface area contributed by atoms with Gasteiger partial charge in [-0.25, -0.2) is 0 Å². The number of aliphatic hydroxyl groups excluding tert-OH is 2. The first-order chi connectivity index (χ1) is 6.11. The lowest BCUT2D eigenvalue weighted by Gasteiger charge is -2.30. The zero-order valence-electron chi connectivity index (χ0n) is 7.06. The molecule has 0 spiro atoms. The quantitative estimate of drug-likeness (QED) is 0.480. The molecule has 1 aliphatic rings. The Morgan fingerprint density at radius 1 is 1.69 bits per heavy atom. The van der Waals surface area contributed by atoms with Gasteiger partial charge in [-0.05, 0) is 0 Å². The van der Waals surface area contributed by atoms with E-state index in [4.69, 9.17) is 15.3 Å². The molecule has 1 unspecified atom stereocenters. The van der Waals surface area contributed by atoms with Gasteiger partial charge >= 0.3 is 0 Å². The number of ketones is 1. The van der Waals surface area contributed by atoms with E-state index in [1.165, 1.54) is 7.11 Å². The van der Waals surface area contributed by atoms with Crippen LogP contribution in [0, 0.1) is 5.41 Å². The largest absolute Gasteiger partial charge is 0.393 e. The molecule has 13 heavy (non-hydrogen) atoms. The van der Waals surface area contributed by atoms with Crippen molar-refractivity contribution in [2.24, 2.45) is 0 Å². The first kappa shape index (κ1) is 10.3. The first-order valence-electron chi connectivity index (χ1n) is 3.71. The average molecular weight is 189 g/mol. The second kappa shape index (κ2) is 3.93. The Balaban J connectivity index is 2.78. The Labute approximate surface area is 74.6 Å². The number of methoxy groups -OCH3 is 1. The van der Waals surface area contributed by atoms with Crippen molar-refractivity contribution in [3.05, 3.63) is 0 Å². The van der Waals surface area contributed by atoms with Crippen LogP contribution in [0.4, 0.5) is 0 Å². The first-order valence-corrected chi connectivity index (χ1v) is 3.71. The maximum atomic E-state index is 11.1. The molecule has 0 saturated carbocycles. The van der Waals surface area contributed by atoms with Crippen LogP contribution in [-0.4, -0.2) is 53.9 Å². The molecule has 0 aromatic carbocycles. The molecule has 1 heterocycles. The molecule has 1 fully saturated rings. The highest BCUT2D eigenvalue weighted by atomic mass is 16.7. The highest BCUT2D eigenvalue weighted by Crippen LogP contribution is 2.14. The molecule has 3 N–H and O–H groups in total. The van der Waals surface area contributed by atoms with Gasteiger partial charge in [0.05, 0.1) is 6.61 Å². The lowest BCUT2D eigenvalue weighted by molar-refractivity contribution is -0.170. The molecule has 6 heteroatoms. The Morgan fingerprint density at radius 3 is 2.77 bits per heavy atom. The Bertz CT molecular complexity index is 207. The summed E-state index contributed by atoms with van der Waals surface area (Å²) >= 11 is 0. The predicted octanol–water partition coefficient (Wildman–Crippen LogP) is -1.70. The van der Waals surface area contributed by atoms with Crippen molar-refractivity contribution >= 4 is 11.5 Å². The van der Waals surface area contributed by atoms with Crippen molar-refractivity contribution in [3.63, 3.8) is 0 Å². The third-order valence-corrected chi connectivity index (χ3v) is 1.80. The number of carbonyl (C=O) groups is 1. The summed E-state index contributed by atoms with van der Waals surface area (Å²) in [6.45, 7) is -0.525. The number of hydrogen-bond acceptors (Lipinski definition) is 6. The van der Waals surface area contributed by atoms with Gasteiger partial charge in [0.15, 0.2) is 18.2 Å². The normalized spacial score (nSPS) is 35.2. The zero-order valence-corrected chi connectivity index (χ0v) is 7.06. The van der Waals surface area contributed by atoms with E-state index in [1.54, 1.807) is 0 Å². The van der Waals surface area contributed by atoms with Gasteiger partial charge in [0.1, 0.15) is 11.8 Å². The van der Waals surface area contributed by atoms with Crippen LogP contribution in [0.5, 0.6) is 0 Å². The summed E-state index contributed by atoms with van der Waals surface area (Å²) in [6.07, 6.45) is -3.69. The molecule has 0 amide bonds. The van der Waals surface area contributed by atoms with Gasteiger partial charge in [-0.3, -0.25) is 4.79 Å². The summed E-state index contributed by atoms with van der Waals surface area (Å²) in [6, 6.07) is 0. The minimum absolute atomic E-state index is 0.336. The molecule has 0 aromatic rings. The average Bonchev–Trinajstić information content (AvgIpc) is 2.15. The molecule has 6 nitrogen and oxygen atoms in total. The van der Waals surface area contributed by atoms with Crippen LogP contribution >= 0.6 is 0 Å². The van der Waals surface area contributed by atoms with E-state index in [-0.39, 0.29) is 5.71 Å². The van der Waals surface area contributed by atoms with Crippen LogP contribution in [0.1, 0.15) is 0 Å². The van der Waals surface area contributed by atoms with Crippen LogP contribution in [0.2, 0.25) is 0 Å². The van der Waals surface area contributed by atoms with E-state index in [9.17, 15) is 9.90 Å². The fourth-order valence-electron chi connectivity index (χ4n) is 1.06. The van der Waals surface area contributed by atoms with Crippen molar-refractivity contribution in [1.82, 2.24) is 0 Å². The summed E-state index contributed by atoms with van der Waals surface area (Å²) in [5.74, 6) is -0.708. The second-order valence-electron chi connectivity index (χ2n) is 2.64. The van der Waals surface area contributed by atoms with Crippen molar-refractivity contribution in [2.45, 2.75) is 18.5 Å². The van der Waals surface area contributed by atoms with E-state index >= 15 is 0 Å². The lowest BCUT2D eigenvalue weighted by atomic mass is 10.0. The van der Waals surface area contributed by atoms with Crippen LogP contribution in [0.3, 0.4) is 0 Å². The van der Waals surface area contributed by atoms with Gasteiger partial charge in [-0.2, -0.15) is 0 Å². The van der Waals surface area contributed by atoms with E-state index in [1.807, 2.05) is 0 Å². The minimum atomic E-state index is -1.53. The van der Waals surface area contributed by atoms with Crippen molar-refractivity contribution < 1.29 is 24.5 Å². The lowest BCUT2D eigenvalue weighted by Crippen LogP contribution is -2.53. The predicted molar refractivity (Wildman–Crippen MR) is 41.5 cm³/mol. The molecular formula is C7H11NO5. The molecule has 1 aliphatic heterocycles. The Morgan fingerprint density at radius 2 is 2.31 bits per heavy atom. The van der Waals surface area contributed by atoms with Gasteiger partial charge in [0.2, 0.25) is 0 Å². The molecule has 0 radical (unpaired) electrons. The van der Waals surface area contributed by atoms with E-state index in [2.05, 4.69) is 4.74 Å². The van der Waals surface area contributed by atoms with Crippen molar-refractivity contribution in [2.75, 3.05) is 13.7 Å². The van der Waals surface area contributed by atoms with Gasteiger partial charge in [-0.15, -0.1) is 0 Å². The van der Waals surface area contributed by atoms with Crippen molar-refractivity contribution in [3.8, 4) is 0 Å². The van der Waals surface area contributed by atoms with Crippen LogP contribution < -0.4 is 0 Å². The highest BCUT2D eigenvalue weighted by molar-refractivity contribution is 6.11. The zero-order chi connectivity index (χ0) is 10.0. The minimum Gasteiger partial charge on any atom is -0.393 e. The summed E-state index contributed by atoms with van der Waals surface area (Å²) < 4.78 is 9.56. The molecule has 0 aromatic heterocycles. The number of hydrogen-bond donors (Lipinski definition) is 3. The number of Topliss-reactive ketones (excluding diaryl/α,β-unsaturated/α-hetero) is 1. The topological polar surface area (TPSA) is 99.8 Å². The second-order valence-corrected chi connectivity index (χ2v) is 2.64. The van der Waals surface area contributed by atoms with Crippen LogP contribution in [0.25, 0.3) is 0 Å². The molecule has 0 aliphatic carbocycles. The smallest absolute Gasteiger partial charge is 0.200 e. The monoisotopic (exact) mass is 189 g/mol.